The first-order valence-electron chi connectivity index (χ1n) is 9.75. The van der Waals surface area contributed by atoms with E-state index in [9.17, 15) is 14.3 Å². The van der Waals surface area contributed by atoms with Gasteiger partial charge < -0.3 is 10.0 Å². The van der Waals surface area contributed by atoms with Crippen LogP contribution in [0.1, 0.15) is 60.7 Å². The molecule has 0 aromatic heterocycles. The summed E-state index contributed by atoms with van der Waals surface area (Å²) >= 11 is 0. The van der Waals surface area contributed by atoms with Gasteiger partial charge in [0.25, 0.3) is 0 Å². The Morgan fingerprint density at radius 2 is 1.90 bits per heavy atom. The van der Waals surface area contributed by atoms with Crippen LogP contribution < -0.4 is 0 Å². The molecule has 2 aromatic rings. The number of ketones is 1. The Morgan fingerprint density at radius 1 is 1.24 bits per heavy atom. The molecule has 0 fully saturated rings. The number of rotatable bonds is 3. The molecule has 3 nitrogen and oxygen atoms in total. The van der Waals surface area contributed by atoms with Gasteiger partial charge in [-0.15, -0.1) is 0 Å². The number of fused-ring (bicyclic) bond motifs is 1. The molecule has 3 rings (SSSR count). The summed E-state index contributed by atoms with van der Waals surface area (Å²) in [6.45, 7) is 12.8. The van der Waals surface area contributed by atoms with Gasteiger partial charge >= 0.3 is 0 Å². The van der Waals surface area contributed by atoms with Crippen LogP contribution >= 0.6 is 0 Å². The number of carbonyl (C=O) groups is 1. The highest BCUT2D eigenvalue weighted by molar-refractivity contribution is 5.98. The second kappa shape index (κ2) is 7.51. The maximum absolute atomic E-state index is 14.2. The zero-order chi connectivity index (χ0) is 21.5. The van der Waals surface area contributed by atoms with Crippen molar-refractivity contribution >= 4 is 17.1 Å². The Morgan fingerprint density at radius 3 is 2.48 bits per heavy atom. The van der Waals surface area contributed by atoms with Gasteiger partial charge in [0.05, 0.1) is 5.56 Å². The fourth-order valence-electron chi connectivity index (χ4n) is 3.97. The molecule has 1 heterocycles. The monoisotopic (exact) mass is 393 g/mol. The Labute approximate surface area is 172 Å². The first kappa shape index (κ1) is 20.8. The first-order chi connectivity index (χ1) is 13.5. The van der Waals surface area contributed by atoms with Gasteiger partial charge in [-0.25, -0.2) is 4.39 Å². The molecule has 1 aliphatic heterocycles. The SMILES string of the molecule is C=C(/C=C1/c2cc(O)c(C(C)=O)cc2[C@H](C(C)(C)C)CN1C)c1ccccc1F. The largest absolute Gasteiger partial charge is 0.507 e. The summed E-state index contributed by atoms with van der Waals surface area (Å²) in [7, 11) is 1.98. The highest BCUT2D eigenvalue weighted by Gasteiger charge is 2.35. The lowest BCUT2D eigenvalue weighted by Crippen LogP contribution is -2.36. The molecule has 1 aliphatic rings. The number of Topliss-reactive ketones (excluding diaryl/α,β-unsaturated/α-hetero) is 1. The van der Waals surface area contributed by atoms with Crippen LogP contribution in [0.25, 0.3) is 11.3 Å². The van der Waals surface area contributed by atoms with Crippen LogP contribution in [-0.2, 0) is 0 Å². The topological polar surface area (TPSA) is 40.5 Å². The molecule has 0 saturated heterocycles. The summed E-state index contributed by atoms with van der Waals surface area (Å²) in [5.74, 6) is -0.366. The van der Waals surface area contributed by atoms with Crippen molar-refractivity contribution in [2.45, 2.75) is 33.6 Å². The number of carbonyl (C=O) groups excluding carboxylic acids is 1. The zero-order valence-electron chi connectivity index (χ0n) is 17.7. The van der Waals surface area contributed by atoms with E-state index < -0.39 is 0 Å². The minimum absolute atomic E-state index is 0.0396. The fourth-order valence-corrected chi connectivity index (χ4v) is 3.97. The number of benzene rings is 2. The maximum Gasteiger partial charge on any atom is 0.163 e. The number of phenols is 1. The Balaban J connectivity index is 2.20. The minimum atomic E-state index is -0.324. The Bertz CT molecular complexity index is 1010. The molecule has 2 aromatic carbocycles. The third kappa shape index (κ3) is 3.98. The van der Waals surface area contributed by atoms with Crippen molar-refractivity contribution in [3.8, 4) is 5.75 Å². The zero-order valence-corrected chi connectivity index (χ0v) is 17.7. The summed E-state index contributed by atoms with van der Waals surface area (Å²) in [5.41, 5.74) is 4.00. The van der Waals surface area contributed by atoms with Crippen molar-refractivity contribution in [1.82, 2.24) is 4.90 Å². The van der Waals surface area contributed by atoms with Crippen LogP contribution in [0.2, 0.25) is 0 Å². The molecule has 152 valence electrons. The third-order valence-electron chi connectivity index (χ3n) is 5.64. The van der Waals surface area contributed by atoms with E-state index in [0.717, 1.165) is 23.4 Å². The van der Waals surface area contributed by atoms with Crippen molar-refractivity contribution in [3.63, 3.8) is 0 Å². The van der Waals surface area contributed by atoms with Crippen LogP contribution in [-0.4, -0.2) is 29.4 Å². The van der Waals surface area contributed by atoms with E-state index in [1.54, 1.807) is 24.3 Å². The van der Waals surface area contributed by atoms with Gasteiger partial charge in [0.1, 0.15) is 11.6 Å². The van der Waals surface area contributed by atoms with Crippen molar-refractivity contribution in [2.75, 3.05) is 13.6 Å². The van der Waals surface area contributed by atoms with E-state index in [1.807, 2.05) is 19.2 Å². The van der Waals surface area contributed by atoms with E-state index >= 15 is 0 Å². The Kier molecular flexibility index (Phi) is 5.40. The number of likely N-dealkylation sites (N-methyl/N-ethyl adjacent to an activating group) is 1. The lowest BCUT2D eigenvalue weighted by Gasteiger charge is -2.42. The van der Waals surface area contributed by atoms with Crippen molar-refractivity contribution < 1.29 is 14.3 Å². The summed E-state index contributed by atoms with van der Waals surface area (Å²) in [5, 5.41) is 10.5. The maximum atomic E-state index is 14.2. The molecule has 0 radical (unpaired) electrons. The number of nitrogens with zero attached hydrogens (tertiary/aromatic N) is 1. The standard InChI is InChI=1S/C25H28FNO2/c1-15(17-9-7-8-10-22(17)26)11-23-20-13-24(29)18(16(2)28)12-19(20)21(14-27(23)6)25(3,4)5/h7-13,21,29H,1,14H2,2-6H3/b23-11-/t21-/m1/s1. The molecule has 29 heavy (non-hydrogen) atoms. The van der Waals surface area contributed by atoms with Gasteiger partial charge in [-0.2, -0.15) is 0 Å². The Hall–Kier alpha value is -2.88. The van der Waals surface area contributed by atoms with Gasteiger partial charge in [-0.05, 0) is 47.8 Å². The lowest BCUT2D eigenvalue weighted by atomic mass is 9.71. The summed E-state index contributed by atoms with van der Waals surface area (Å²) in [4.78, 5) is 14.1. The molecular weight excluding hydrogens is 365 g/mol. The van der Waals surface area contributed by atoms with Crippen molar-refractivity contribution in [3.05, 3.63) is 77.1 Å². The molecule has 0 unspecified atom stereocenters. The number of hydrogen-bond donors (Lipinski definition) is 1. The smallest absolute Gasteiger partial charge is 0.163 e. The quantitative estimate of drug-likeness (QED) is 0.664. The average Bonchev–Trinajstić information content (AvgIpc) is 2.62. The fraction of sp³-hybridized carbons (Fsp3) is 0.320. The predicted molar refractivity (Wildman–Crippen MR) is 116 cm³/mol. The molecule has 0 aliphatic carbocycles. The minimum Gasteiger partial charge on any atom is -0.507 e. The average molecular weight is 394 g/mol. The second-order valence-corrected chi connectivity index (χ2v) is 8.85. The van der Waals surface area contributed by atoms with Crippen LogP contribution in [0.4, 0.5) is 4.39 Å². The molecule has 4 heteroatoms. The normalized spacial score (nSPS) is 17.9. The molecule has 0 spiro atoms. The van der Waals surface area contributed by atoms with Gasteiger partial charge in [0, 0.05) is 36.3 Å². The molecule has 0 amide bonds. The van der Waals surface area contributed by atoms with Gasteiger partial charge in [0.2, 0.25) is 0 Å². The lowest BCUT2D eigenvalue weighted by molar-refractivity contribution is 0.101. The summed E-state index contributed by atoms with van der Waals surface area (Å²) in [6, 6.07) is 10.0. The van der Waals surface area contributed by atoms with Crippen molar-refractivity contribution in [1.29, 1.82) is 0 Å². The van der Waals surface area contributed by atoms with E-state index in [1.165, 1.54) is 13.0 Å². The highest BCUT2D eigenvalue weighted by atomic mass is 19.1. The van der Waals surface area contributed by atoms with Gasteiger partial charge in [0.15, 0.2) is 5.78 Å². The van der Waals surface area contributed by atoms with E-state index in [-0.39, 0.29) is 28.7 Å². The number of allylic oxidation sites excluding steroid dienone is 2. The molecule has 1 N–H and O–H groups in total. The summed E-state index contributed by atoms with van der Waals surface area (Å²) < 4.78 is 14.2. The first-order valence-corrected chi connectivity index (χ1v) is 9.75. The second-order valence-electron chi connectivity index (χ2n) is 8.85. The predicted octanol–water partition coefficient (Wildman–Crippen LogP) is 5.86. The van der Waals surface area contributed by atoms with Crippen LogP contribution in [0.3, 0.4) is 0 Å². The molecule has 0 saturated carbocycles. The van der Waals surface area contributed by atoms with Gasteiger partial charge in [-0.3, -0.25) is 4.79 Å². The van der Waals surface area contributed by atoms with E-state index in [2.05, 4.69) is 32.3 Å². The van der Waals surface area contributed by atoms with Crippen LogP contribution in [0.15, 0.2) is 49.1 Å². The number of aromatic hydroxyl groups is 1. The number of halogens is 1. The van der Waals surface area contributed by atoms with E-state index in [4.69, 9.17) is 0 Å². The van der Waals surface area contributed by atoms with Crippen LogP contribution in [0.5, 0.6) is 5.75 Å². The number of hydrogen-bond acceptors (Lipinski definition) is 3. The highest BCUT2D eigenvalue weighted by Crippen LogP contribution is 2.46. The molecule has 1 atom stereocenters. The molecule has 0 bridgehead atoms. The number of phenolic OH excluding ortho intramolecular Hbond substituents is 1. The van der Waals surface area contributed by atoms with Gasteiger partial charge in [-0.1, -0.05) is 45.5 Å². The van der Waals surface area contributed by atoms with Crippen LogP contribution in [0, 0.1) is 11.2 Å². The third-order valence-corrected chi connectivity index (χ3v) is 5.64. The summed E-state index contributed by atoms with van der Waals surface area (Å²) in [6.07, 6.45) is 1.85. The van der Waals surface area contributed by atoms with Crippen molar-refractivity contribution in [2.24, 2.45) is 5.41 Å². The molecular formula is C25H28FNO2. The van der Waals surface area contributed by atoms with E-state index in [0.29, 0.717) is 16.7 Å².